The number of nitrogens with one attached hydrogen (secondary N) is 2. The van der Waals surface area contributed by atoms with Gasteiger partial charge in [0, 0.05) is 19.0 Å². The van der Waals surface area contributed by atoms with Crippen LogP contribution in [0.5, 0.6) is 11.5 Å². The Hall–Kier alpha value is -4.28. The molecule has 1 aromatic carbocycles. The van der Waals surface area contributed by atoms with E-state index in [-0.39, 0.29) is 23.5 Å². The van der Waals surface area contributed by atoms with Gasteiger partial charge in [-0.25, -0.2) is 8.91 Å². The Kier molecular flexibility index (Phi) is 5.44. The summed E-state index contributed by atoms with van der Waals surface area (Å²) in [7, 11) is 1.66. The van der Waals surface area contributed by atoms with E-state index in [1.165, 1.54) is 27.4 Å². The van der Waals surface area contributed by atoms with Crippen LogP contribution in [0.2, 0.25) is 0 Å². The lowest BCUT2D eigenvalue weighted by atomic mass is 10.2. The van der Waals surface area contributed by atoms with E-state index in [1.54, 1.807) is 31.4 Å². The number of ether oxygens (including phenoxy) is 1. The van der Waals surface area contributed by atoms with Gasteiger partial charge in [-0.3, -0.25) is 19.6 Å². The number of benzene rings is 1. The smallest absolute Gasteiger partial charge is 0.274 e. The van der Waals surface area contributed by atoms with Crippen LogP contribution in [-0.4, -0.2) is 36.2 Å². The molecule has 0 radical (unpaired) electrons. The van der Waals surface area contributed by atoms with Crippen LogP contribution < -0.4 is 15.4 Å². The summed E-state index contributed by atoms with van der Waals surface area (Å²) in [6.45, 7) is 1.94. The number of hydrogen-bond donors (Lipinski definition) is 2. The normalized spacial score (nSPS) is 13.1. The van der Waals surface area contributed by atoms with Crippen molar-refractivity contribution in [1.82, 2.24) is 24.4 Å². The van der Waals surface area contributed by atoms with Crippen molar-refractivity contribution in [1.29, 1.82) is 0 Å². The van der Waals surface area contributed by atoms with Crippen molar-refractivity contribution in [2.45, 2.75) is 26.2 Å². The zero-order chi connectivity index (χ0) is 23.8. The van der Waals surface area contributed by atoms with Crippen LogP contribution in [0.3, 0.4) is 0 Å². The van der Waals surface area contributed by atoms with Crippen LogP contribution in [-0.2, 0) is 18.3 Å². The number of hydrogen-bond acceptors (Lipinski definition) is 6. The predicted molar refractivity (Wildman–Crippen MR) is 121 cm³/mol. The third kappa shape index (κ3) is 4.45. The number of aromatic nitrogens is 5. The Balaban J connectivity index is 1.32. The maximum absolute atomic E-state index is 14.4. The van der Waals surface area contributed by atoms with E-state index in [0.29, 0.717) is 29.3 Å². The number of nitrogens with zero attached hydrogens (tertiary/aromatic N) is 5. The van der Waals surface area contributed by atoms with Crippen LogP contribution in [0.15, 0.2) is 42.6 Å². The summed E-state index contributed by atoms with van der Waals surface area (Å²) >= 11 is 0. The van der Waals surface area contributed by atoms with Crippen LogP contribution in [0, 0.1) is 11.7 Å². The molecule has 2 amide bonds. The maximum Gasteiger partial charge on any atom is 0.274 e. The monoisotopic (exact) mass is 463 g/mol. The average Bonchev–Trinajstić information content (AvgIpc) is 3.49. The van der Waals surface area contributed by atoms with E-state index in [0.717, 1.165) is 18.5 Å². The minimum Gasteiger partial charge on any atom is -0.456 e. The summed E-state index contributed by atoms with van der Waals surface area (Å²) in [5.74, 6) is -0.145. The molecule has 0 aliphatic heterocycles. The third-order valence-electron chi connectivity index (χ3n) is 5.43. The van der Waals surface area contributed by atoms with Crippen LogP contribution in [0.1, 0.15) is 35.9 Å². The summed E-state index contributed by atoms with van der Waals surface area (Å²) in [4.78, 5) is 28.8. The predicted octanol–water partition coefficient (Wildman–Crippen LogP) is 3.56. The van der Waals surface area contributed by atoms with Gasteiger partial charge in [0.25, 0.3) is 5.91 Å². The first kappa shape index (κ1) is 21.6. The van der Waals surface area contributed by atoms with Crippen LogP contribution in [0.25, 0.3) is 5.65 Å². The van der Waals surface area contributed by atoms with Crippen molar-refractivity contribution in [2.75, 3.05) is 10.6 Å². The first-order valence-corrected chi connectivity index (χ1v) is 10.9. The molecular formula is C23H22FN7O3. The highest BCUT2D eigenvalue weighted by Crippen LogP contribution is 2.30. The van der Waals surface area contributed by atoms with Crippen LogP contribution in [0.4, 0.5) is 16.0 Å². The summed E-state index contributed by atoms with van der Waals surface area (Å²) in [6, 6.07) is 9.11. The molecular weight excluding hydrogens is 441 g/mol. The minimum absolute atomic E-state index is 0.0198. The minimum atomic E-state index is -0.596. The first-order chi connectivity index (χ1) is 16.4. The fourth-order valence-corrected chi connectivity index (χ4v) is 3.43. The number of halogens is 1. The summed E-state index contributed by atoms with van der Waals surface area (Å²) in [6.07, 6.45) is 4.06. The number of aryl methyl sites for hydroxylation is 2. The molecule has 2 N–H and O–H groups in total. The van der Waals surface area contributed by atoms with Crippen molar-refractivity contribution >= 4 is 29.1 Å². The molecule has 4 aromatic rings. The van der Waals surface area contributed by atoms with Gasteiger partial charge in [-0.05, 0) is 49.6 Å². The molecule has 11 heteroatoms. The number of amides is 2. The van der Waals surface area contributed by atoms with Gasteiger partial charge in [0.2, 0.25) is 11.9 Å². The Bertz CT molecular complexity index is 1410. The fourth-order valence-electron chi connectivity index (χ4n) is 3.43. The molecule has 34 heavy (non-hydrogen) atoms. The van der Waals surface area contributed by atoms with Crippen molar-refractivity contribution in [3.05, 3.63) is 59.8 Å². The Morgan fingerprint density at radius 2 is 1.91 bits per heavy atom. The Morgan fingerprint density at radius 3 is 2.65 bits per heavy atom. The molecule has 0 saturated heterocycles. The number of anilines is 2. The van der Waals surface area contributed by atoms with Gasteiger partial charge in [0.05, 0.1) is 17.6 Å². The van der Waals surface area contributed by atoms with Crippen molar-refractivity contribution < 1.29 is 18.7 Å². The Morgan fingerprint density at radius 1 is 1.12 bits per heavy atom. The molecule has 1 saturated carbocycles. The molecule has 3 aromatic heterocycles. The Labute approximate surface area is 193 Å². The van der Waals surface area contributed by atoms with Crippen molar-refractivity contribution in [3.63, 3.8) is 0 Å². The number of carbonyl (C=O) groups excluding carboxylic acids is 2. The largest absolute Gasteiger partial charge is 0.456 e. The highest BCUT2D eigenvalue weighted by atomic mass is 19.1. The van der Waals surface area contributed by atoms with E-state index in [4.69, 9.17) is 4.74 Å². The van der Waals surface area contributed by atoms with Gasteiger partial charge in [0.15, 0.2) is 5.65 Å². The lowest BCUT2D eigenvalue weighted by Gasteiger charge is -2.10. The molecule has 1 aliphatic carbocycles. The molecule has 0 spiro atoms. The third-order valence-corrected chi connectivity index (χ3v) is 5.43. The topological polar surface area (TPSA) is 115 Å². The van der Waals surface area contributed by atoms with Crippen LogP contribution >= 0.6 is 0 Å². The number of pyridine rings is 1. The molecule has 1 aliphatic rings. The lowest BCUT2D eigenvalue weighted by molar-refractivity contribution is -0.117. The van der Waals surface area contributed by atoms with Crippen molar-refractivity contribution in [3.8, 4) is 11.5 Å². The molecule has 0 atom stereocenters. The SMILES string of the molecule is CCc1cc(C(=O)Nc2cc(Oc3ccc4nc(NC(=O)C5CC5)nn4c3)ccc2F)n(C)n1. The summed E-state index contributed by atoms with van der Waals surface area (Å²) in [5.41, 5.74) is 1.61. The standard InChI is InChI=1S/C23H22FN7O3/c1-3-14-10-19(30(2)28-14)22(33)25-18-11-15(6-8-17(18)24)34-16-7-9-20-26-23(29-31(20)12-16)27-21(32)13-4-5-13/h6-13H,3-5H2,1-2H3,(H,25,33)(H,27,29,32). The average molecular weight is 463 g/mol. The maximum atomic E-state index is 14.4. The van der Waals surface area contributed by atoms with Gasteiger partial charge < -0.3 is 10.1 Å². The number of fused-ring (bicyclic) bond motifs is 1. The number of carbonyl (C=O) groups is 2. The molecule has 174 valence electrons. The van der Waals surface area contributed by atoms with E-state index < -0.39 is 11.7 Å². The quantitative estimate of drug-likeness (QED) is 0.433. The molecule has 1 fully saturated rings. The molecule has 0 unspecified atom stereocenters. The zero-order valence-electron chi connectivity index (χ0n) is 18.6. The highest BCUT2D eigenvalue weighted by Gasteiger charge is 2.30. The number of rotatable bonds is 7. The summed E-state index contributed by atoms with van der Waals surface area (Å²) < 4.78 is 23.2. The van der Waals surface area contributed by atoms with Gasteiger partial charge >= 0.3 is 0 Å². The molecule has 0 bridgehead atoms. The molecule has 10 nitrogen and oxygen atoms in total. The van der Waals surface area contributed by atoms with Gasteiger partial charge in [-0.2, -0.15) is 10.1 Å². The summed E-state index contributed by atoms with van der Waals surface area (Å²) in [5, 5.41) is 13.8. The molecule has 3 heterocycles. The zero-order valence-corrected chi connectivity index (χ0v) is 18.6. The van der Waals surface area contributed by atoms with E-state index in [1.807, 2.05) is 6.92 Å². The highest BCUT2D eigenvalue weighted by molar-refractivity contribution is 6.03. The first-order valence-electron chi connectivity index (χ1n) is 10.9. The van der Waals surface area contributed by atoms with Gasteiger partial charge in [0.1, 0.15) is 23.0 Å². The van der Waals surface area contributed by atoms with E-state index in [9.17, 15) is 14.0 Å². The second kappa shape index (κ2) is 8.58. The van der Waals surface area contributed by atoms with E-state index in [2.05, 4.69) is 25.8 Å². The molecule has 5 rings (SSSR count). The second-order valence-corrected chi connectivity index (χ2v) is 8.06. The van der Waals surface area contributed by atoms with E-state index >= 15 is 0 Å². The van der Waals surface area contributed by atoms with Gasteiger partial charge in [-0.1, -0.05) is 6.92 Å². The van der Waals surface area contributed by atoms with Gasteiger partial charge in [-0.15, -0.1) is 5.10 Å². The lowest BCUT2D eigenvalue weighted by Crippen LogP contribution is -2.16. The van der Waals surface area contributed by atoms with Crippen molar-refractivity contribution in [2.24, 2.45) is 13.0 Å². The fraction of sp³-hybridized carbons (Fsp3) is 0.261. The second-order valence-electron chi connectivity index (χ2n) is 8.06.